The Balaban J connectivity index is 2.30. The van der Waals surface area contributed by atoms with Gasteiger partial charge < -0.3 is 15.3 Å². The van der Waals surface area contributed by atoms with Crippen LogP contribution >= 0.6 is 11.6 Å². The van der Waals surface area contributed by atoms with Crippen molar-refractivity contribution in [3.05, 3.63) is 59.6 Å². The Kier molecular flexibility index (Phi) is 5.84. The molecule has 0 saturated heterocycles. The fourth-order valence-electron chi connectivity index (χ4n) is 2.84. The Morgan fingerprint density at radius 3 is 2.78 bits per heavy atom. The number of allylic oxidation sites excluding steroid dienone is 3. The first-order valence-corrected chi connectivity index (χ1v) is 8.11. The second-order valence-electron chi connectivity index (χ2n) is 6.18. The van der Waals surface area contributed by atoms with E-state index in [4.69, 9.17) is 11.6 Å². The van der Waals surface area contributed by atoms with E-state index in [0.717, 1.165) is 11.3 Å². The lowest BCUT2D eigenvalue weighted by molar-refractivity contribution is 0.0814. The highest BCUT2D eigenvalue weighted by atomic mass is 35.5. The number of aliphatic hydroxyl groups is 1. The molecule has 0 saturated carbocycles. The Morgan fingerprint density at radius 2 is 2.22 bits per heavy atom. The van der Waals surface area contributed by atoms with Gasteiger partial charge >= 0.3 is 0 Å². The van der Waals surface area contributed by atoms with Gasteiger partial charge in [-0.1, -0.05) is 24.3 Å². The quantitative estimate of drug-likeness (QED) is 0.782. The van der Waals surface area contributed by atoms with Crippen molar-refractivity contribution in [1.29, 1.82) is 0 Å². The Labute approximate surface area is 142 Å². The molecular weight excluding hydrogens is 315 g/mol. The highest BCUT2D eigenvalue weighted by molar-refractivity contribution is 6.25. The summed E-state index contributed by atoms with van der Waals surface area (Å²) in [7, 11) is 3.69. The molecule has 23 heavy (non-hydrogen) atoms. The molecule has 3 atom stereocenters. The molecule has 0 fully saturated rings. The minimum atomic E-state index is -0.676. The number of nitrogens with one attached hydrogen (secondary N) is 1. The maximum absolute atomic E-state index is 13.6. The molecule has 0 radical (unpaired) electrons. The fraction of sp³-hybridized carbons (Fsp3) is 0.444. The zero-order valence-corrected chi connectivity index (χ0v) is 14.5. The van der Waals surface area contributed by atoms with Crippen molar-refractivity contribution in [2.24, 2.45) is 0 Å². The first kappa shape index (κ1) is 18.0. The van der Waals surface area contributed by atoms with Crippen LogP contribution in [0.3, 0.4) is 0 Å². The second kappa shape index (κ2) is 7.47. The molecule has 0 heterocycles. The van der Waals surface area contributed by atoms with Crippen molar-refractivity contribution in [1.82, 2.24) is 10.2 Å². The molecule has 2 N–H and O–H groups in total. The molecule has 1 aliphatic carbocycles. The normalized spacial score (nSPS) is 23.3. The number of nitrogens with zero attached hydrogens (tertiary/aromatic N) is 1. The van der Waals surface area contributed by atoms with Gasteiger partial charge in [-0.2, -0.15) is 0 Å². The minimum absolute atomic E-state index is 0.306. The summed E-state index contributed by atoms with van der Waals surface area (Å²) >= 11 is 6.31. The number of aliphatic hydroxyl groups excluding tert-OH is 1. The van der Waals surface area contributed by atoms with Gasteiger partial charge in [-0.15, -0.1) is 11.6 Å². The smallest absolute Gasteiger partial charge is 0.123 e. The second-order valence-corrected chi connectivity index (χ2v) is 7.04. The van der Waals surface area contributed by atoms with E-state index in [1.54, 1.807) is 13.1 Å². The number of halogens is 2. The van der Waals surface area contributed by atoms with Crippen LogP contribution in [0.4, 0.5) is 4.39 Å². The van der Waals surface area contributed by atoms with Crippen molar-refractivity contribution in [3.63, 3.8) is 0 Å². The summed E-state index contributed by atoms with van der Waals surface area (Å²) in [5.74, 6) is -0.306. The van der Waals surface area contributed by atoms with E-state index in [1.807, 2.05) is 43.2 Å². The lowest BCUT2D eigenvalue weighted by Gasteiger charge is -2.36. The van der Waals surface area contributed by atoms with Crippen molar-refractivity contribution in [3.8, 4) is 0 Å². The van der Waals surface area contributed by atoms with Gasteiger partial charge in [0, 0.05) is 19.3 Å². The third kappa shape index (κ3) is 4.56. The summed E-state index contributed by atoms with van der Waals surface area (Å²) in [6, 6.07) is 6.02. The molecule has 3 nitrogen and oxygen atoms in total. The van der Waals surface area contributed by atoms with Gasteiger partial charge in [-0.3, -0.25) is 0 Å². The first-order valence-electron chi connectivity index (χ1n) is 7.73. The summed E-state index contributed by atoms with van der Waals surface area (Å²) in [6.07, 6.45) is 5.99. The number of alkyl halides is 1. The van der Waals surface area contributed by atoms with Gasteiger partial charge in [0.1, 0.15) is 5.82 Å². The minimum Gasteiger partial charge on any atom is -0.389 e. The van der Waals surface area contributed by atoms with E-state index in [0.29, 0.717) is 13.0 Å². The average molecular weight is 339 g/mol. The van der Waals surface area contributed by atoms with Crippen molar-refractivity contribution in [2.75, 3.05) is 20.6 Å². The number of hydrogen-bond donors (Lipinski definition) is 2. The van der Waals surface area contributed by atoms with Crippen LogP contribution in [0.5, 0.6) is 0 Å². The average Bonchev–Trinajstić information content (AvgIpc) is 2.47. The van der Waals surface area contributed by atoms with Crippen LogP contribution in [0.2, 0.25) is 0 Å². The monoisotopic (exact) mass is 338 g/mol. The highest BCUT2D eigenvalue weighted by Gasteiger charge is 2.28. The van der Waals surface area contributed by atoms with Gasteiger partial charge in [0.15, 0.2) is 0 Å². The molecule has 0 spiro atoms. The van der Waals surface area contributed by atoms with E-state index in [2.05, 4.69) is 5.32 Å². The topological polar surface area (TPSA) is 35.5 Å². The molecule has 1 aromatic carbocycles. The van der Waals surface area contributed by atoms with Gasteiger partial charge in [-0.05, 0) is 44.2 Å². The molecule has 0 aliphatic heterocycles. The number of rotatable bonds is 6. The lowest BCUT2D eigenvalue weighted by Crippen LogP contribution is -2.39. The van der Waals surface area contributed by atoms with Crippen molar-refractivity contribution in [2.45, 2.75) is 30.4 Å². The van der Waals surface area contributed by atoms with Crippen LogP contribution in [-0.4, -0.2) is 41.6 Å². The maximum atomic E-state index is 13.6. The van der Waals surface area contributed by atoms with Crippen LogP contribution in [0.1, 0.15) is 24.9 Å². The standard InChI is InChI=1S/C18H24ClFN2O/c1-18(19)9-7-15(8-10-18)22(3)17(16(23)12-21-2)13-5-4-6-14(20)11-13/h4-9,11,16-17,21,23H,10,12H2,1-3H3. The lowest BCUT2D eigenvalue weighted by atomic mass is 9.96. The number of likely N-dealkylation sites (N-methyl/N-ethyl adjacent to an activating group) is 2. The molecule has 126 valence electrons. The summed E-state index contributed by atoms with van der Waals surface area (Å²) in [5, 5.41) is 13.5. The molecule has 1 aliphatic rings. The molecule has 1 aromatic rings. The molecular formula is C18H24ClFN2O. The predicted octanol–water partition coefficient (Wildman–Crippen LogP) is 3.22. The van der Waals surface area contributed by atoms with Crippen LogP contribution in [0.15, 0.2) is 48.2 Å². The third-order valence-electron chi connectivity index (χ3n) is 4.10. The predicted molar refractivity (Wildman–Crippen MR) is 92.9 cm³/mol. The Morgan fingerprint density at radius 1 is 1.48 bits per heavy atom. The molecule has 0 aromatic heterocycles. The molecule has 2 rings (SSSR count). The summed E-state index contributed by atoms with van der Waals surface area (Å²) < 4.78 is 13.6. The molecule has 5 heteroatoms. The zero-order chi connectivity index (χ0) is 17.0. The fourth-order valence-corrected chi connectivity index (χ4v) is 2.98. The van der Waals surface area contributed by atoms with E-state index in [1.165, 1.54) is 12.1 Å². The largest absolute Gasteiger partial charge is 0.389 e. The molecule has 0 amide bonds. The summed E-state index contributed by atoms with van der Waals surface area (Å²) in [4.78, 5) is 1.60. The van der Waals surface area contributed by atoms with Gasteiger partial charge in [-0.25, -0.2) is 4.39 Å². The first-order chi connectivity index (χ1) is 10.8. The maximum Gasteiger partial charge on any atom is 0.123 e. The van der Waals surface area contributed by atoms with E-state index in [-0.39, 0.29) is 16.7 Å². The molecule has 3 unspecified atom stereocenters. The Bertz CT molecular complexity index is 600. The van der Waals surface area contributed by atoms with Crippen LogP contribution < -0.4 is 5.32 Å². The van der Waals surface area contributed by atoms with E-state index < -0.39 is 6.10 Å². The van der Waals surface area contributed by atoms with Crippen LogP contribution in [-0.2, 0) is 0 Å². The van der Waals surface area contributed by atoms with Gasteiger partial charge in [0.2, 0.25) is 0 Å². The Hall–Kier alpha value is -1.36. The summed E-state index contributed by atoms with van der Waals surface area (Å²) in [5.41, 5.74) is 1.70. The zero-order valence-electron chi connectivity index (χ0n) is 13.8. The highest BCUT2D eigenvalue weighted by Crippen LogP contribution is 2.32. The SMILES string of the molecule is CNCC(O)C(c1cccc(F)c1)N(C)C1=CCC(C)(Cl)C=C1. The van der Waals surface area contributed by atoms with E-state index >= 15 is 0 Å². The van der Waals surface area contributed by atoms with E-state index in [9.17, 15) is 9.50 Å². The summed E-state index contributed by atoms with van der Waals surface area (Å²) in [6.45, 7) is 2.37. The van der Waals surface area contributed by atoms with Crippen molar-refractivity contribution >= 4 is 11.6 Å². The molecule has 0 bridgehead atoms. The third-order valence-corrected chi connectivity index (χ3v) is 4.38. The number of hydrogen-bond acceptors (Lipinski definition) is 3. The van der Waals surface area contributed by atoms with Crippen LogP contribution in [0, 0.1) is 5.82 Å². The van der Waals surface area contributed by atoms with Crippen LogP contribution in [0.25, 0.3) is 0 Å². The van der Waals surface area contributed by atoms with Gasteiger partial charge in [0.05, 0.1) is 17.0 Å². The number of benzene rings is 1. The van der Waals surface area contributed by atoms with Crippen molar-refractivity contribution < 1.29 is 9.50 Å². The van der Waals surface area contributed by atoms with Gasteiger partial charge in [0.25, 0.3) is 0 Å².